The number of amides is 3. The van der Waals surface area contributed by atoms with Crippen LogP contribution in [0.3, 0.4) is 0 Å². The average molecular weight is 585 g/mol. The monoisotopic (exact) mass is 584 g/mol. The van der Waals surface area contributed by atoms with E-state index in [1.165, 1.54) is 4.90 Å². The third-order valence-corrected chi connectivity index (χ3v) is 7.58. The fraction of sp³-hybridized carbons (Fsp3) is 0.500. The van der Waals surface area contributed by atoms with E-state index in [1.807, 2.05) is 4.90 Å². The first-order valence-corrected chi connectivity index (χ1v) is 13.9. The zero-order chi connectivity index (χ0) is 30.4. The molecule has 1 aromatic carbocycles. The molecular formula is C28H36N6O8. The van der Waals surface area contributed by atoms with Gasteiger partial charge in [0.15, 0.2) is 0 Å². The minimum atomic E-state index is -1.10. The summed E-state index contributed by atoms with van der Waals surface area (Å²) >= 11 is 0. The highest BCUT2D eigenvalue weighted by molar-refractivity contribution is 6.09. The Bertz CT molecular complexity index is 1350. The topological polar surface area (TPSA) is 187 Å². The van der Waals surface area contributed by atoms with Crippen LogP contribution in [0.1, 0.15) is 41.7 Å². The van der Waals surface area contributed by atoms with Crippen molar-refractivity contribution in [1.29, 1.82) is 0 Å². The molecule has 2 saturated heterocycles. The Morgan fingerprint density at radius 3 is 2.17 bits per heavy atom. The predicted molar refractivity (Wildman–Crippen MR) is 151 cm³/mol. The van der Waals surface area contributed by atoms with Crippen LogP contribution in [0, 0.1) is 0 Å². The molecule has 0 spiro atoms. The van der Waals surface area contributed by atoms with E-state index in [-0.39, 0.29) is 63.4 Å². The number of primary amides is 1. The summed E-state index contributed by atoms with van der Waals surface area (Å²) < 4.78 is 5.06. The van der Waals surface area contributed by atoms with Gasteiger partial charge in [-0.25, -0.2) is 4.79 Å². The molecule has 1 atom stereocenters. The van der Waals surface area contributed by atoms with Crippen molar-refractivity contribution in [3.05, 3.63) is 35.5 Å². The van der Waals surface area contributed by atoms with Crippen molar-refractivity contribution in [2.75, 3.05) is 70.4 Å². The maximum atomic E-state index is 14.0. The zero-order valence-electron chi connectivity index (χ0n) is 23.5. The summed E-state index contributed by atoms with van der Waals surface area (Å²) in [5.74, 6) is -4.31. The number of carboxylic acids is 2. The first kappa shape index (κ1) is 30.5. The minimum Gasteiger partial charge on any atom is -0.481 e. The number of aliphatic carboxylic acids is 2. The molecule has 1 aromatic heterocycles. The number of nitrogens with two attached hydrogens (primary N) is 1. The van der Waals surface area contributed by atoms with Crippen molar-refractivity contribution in [3.8, 4) is 0 Å². The van der Waals surface area contributed by atoms with Crippen LogP contribution in [-0.4, -0.2) is 125 Å². The fourth-order valence-electron chi connectivity index (χ4n) is 5.55. The van der Waals surface area contributed by atoms with Crippen LogP contribution in [0.15, 0.2) is 24.3 Å². The first-order chi connectivity index (χ1) is 20.1. The van der Waals surface area contributed by atoms with E-state index in [1.54, 1.807) is 41.0 Å². The number of benzene rings is 1. The van der Waals surface area contributed by atoms with E-state index < -0.39 is 35.8 Å². The number of nitrogens with zero attached hydrogens (tertiary/aromatic N) is 5. The maximum absolute atomic E-state index is 14.0. The van der Waals surface area contributed by atoms with Gasteiger partial charge in [-0.3, -0.25) is 29.1 Å². The summed E-state index contributed by atoms with van der Waals surface area (Å²) in [4.78, 5) is 73.6. The van der Waals surface area contributed by atoms with Crippen LogP contribution in [0.2, 0.25) is 0 Å². The second kappa shape index (κ2) is 13.5. The molecular weight excluding hydrogens is 548 g/mol. The number of anilines is 1. The van der Waals surface area contributed by atoms with Gasteiger partial charge in [0.25, 0.3) is 5.91 Å². The van der Waals surface area contributed by atoms with Gasteiger partial charge in [-0.1, -0.05) is 18.2 Å². The lowest BCUT2D eigenvalue weighted by molar-refractivity contribution is -0.139. The van der Waals surface area contributed by atoms with Crippen molar-refractivity contribution < 1.29 is 38.9 Å². The second-order valence-electron chi connectivity index (χ2n) is 10.3. The predicted octanol–water partition coefficient (Wildman–Crippen LogP) is 0.789. The van der Waals surface area contributed by atoms with Gasteiger partial charge >= 0.3 is 18.0 Å². The van der Waals surface area contributed by atoms with Gasteiger partial charge in [-0.2, -0.15) is 0 Å². The highest BCUT2D eigenvalue weighted by Gasteiger charge is 2.36. The molecule has 3 amide bonds. The van der Waals surface area contributed by atoms with Crippen LogP contribution >= 0.6 is 0 Å². The number of pyridine rings is 1. The number of ether oxygens (including phenoxy) is 1. The Labute approximate surface area is 242 Å². The van der Waals surface area contributed by atoms with Gasteiger partial charge in [0.2, 0.25) is 5.91 Å². The van der Waals surface area contributed by atoms with Gasteiger partial charge in [-0.15, -0.1) is 0 Å². The number of rotatable bonds is 10. The first-order valence-electron chi connectivity index (χ1n) is 13.9. The van der Waals surface area contributed by atoms with Gasteiger partial charge in [0.1, 0.15) is 0 Å². The number of aromatic nitrogens is 1. The molecule has 14 heteroatoms. The van der Waals surface area contributed by atoms with Crippen LogP contribution in [0.25, 0.3) is 10.9 Å². The molecule has 14 nitrogen and oxygen atoms in total. The summed E-state index contributed by atoms with van der Waals surface area (Å²) in [5, 5.41) is 19.3. The van der Waals surface area contributed by atoms with Crippen LogP contribution in [0.4, 0.5) is 10.5 Å². The SMILES string of the molecule is CCOC(=O)N1CCN(C(=O)C(CCC(=O)O)c2nc3ccccc3c(N3CCN(CC(=O)O)CC3)c2C(N)=O)CC1. The van der Waals surface area contributed by atoms with Gasteiger partial charge < -0.3 is 35.4 Å². The lowest BCUT2D eigenvalue weighted by atomic mass is 9.90. The highest BCUT2D eigenvalue weighted by Crippen LogP contribution is 2.37. The Morgan fingerprint density at radius 1 is 0.929 bits per heavy atom. The standard InChI is InChI=1S/C28H36N6O8/c1-2-42-28(41)34-15-13-33(14-16-34)27(40)19(7-8-21(35)36)24-23(26(29)39)25(18-5-3-4-6-20(18)30-24)32-11-9-31(10-12-32)17-22(37)38/h3-6,19H,2,7-17H2,1H3,(H2,29,39)(H,35,36)(H,37,38). The second-order valence-corrected chi connectivity index (χ2v) is 10.3. The van der Waals surface area contributed by atoms with Crippen LogP contribution in [0.5, 0.6) is 0 Å². The zero-order valence-corrected chi connectivity index (χ0v) is 23.5. The van der Waals surface area contributed by atoms with Crippen molar-refractivity contribution in [2.45, 2.75) is 25.7 Å². The van der Waals surface area contributed by atoms with E-state index in [4.69, 9.17) is 15.5 Å². The number of hydrogen-bond acceptors (Lipinski definition) is 9. The number of carbonyl (C=O) groups is 5. The van der Waals surface area contributed by atoms with E-state index in [9.17, 15) is 34.2 Å². The number of carbonyl (C=O) groups excluding carboxylic acids is 3. The smallest absolute Gasteiger partial charge is 0.409 e. The molecule has 0 radical (unpaired) electrons. The molecule has 226 valence electrons. The van der Waals surface area contributed by atoms with Crippen LogP contribution in [-0.2, 0) is 19.1 Å². The van der Waals surface area contributed by atoms with E-state index in [2.05, 4.69) is 0 Å². The molecule has 2 fully saturated rings. The van der Waals surface area contributed by atoms with Crippen molar-refractivity contribution >= 4 is 46.4 Å². The van der Waals surface area contributed by atoms with Crippen LogP contribution < -0.4 is 10.6 Å². The van der Waals surface area contributed by atoms with Gasteiger partial charge in [-0.05, 0) is 19.4 Å². The van der Waals surface area contributed by atoms with Gasteiger partial charge in [0.05, 0.1) is 41.5 Å². The third-order valence-electron chi connectivity index (χ3n) is 7.58. The summed E-state index contributed by atoms with van der Waals surface area (Å²) in [5.41, 5.74) is 7.14. The van der Waals surface area contributed by atoms with Crippen molar-refractivity contribution in [2.24, 2.45) is 5.73 Å². The molecule has 4 N–H and O–H groups in total. The molecule has 0 aliphatic carbocycles. The fourth-order valence-corrected chi connectivity index (χ4v) is 5.55. The Hall–Kier alpha value is -4.46. The molecule has 2 aliphatic rings. The molecule has 3 heterocycles. The van der Waals surface area contributed by atoms with E-state index in [0.29, 0.717) is 42.8 Å². The lowest BCUT2D eigenvalue weighted by Gasteiger charge is -2.38. The number of fused-ring (bicyclic) bond motifs is 1. The van der Waals surface area contributed by atoms with Gasteiger partial charge in [0, 0.05) is 64.2 Å². The minimum absolute atomic E-state index is 0.0503. The average Bonchev–Trinajstić information content (AvgIpc) is 2.96. The molecule has 0 saturated carbocycles. The van der Waals surface area contributed by atoms with Crippen molar-refractivity contribution in [3.63, 3.8) is 0 Å². The Morgan fingerprint density at radius 2 is 1.57 bits per heavy atom. The molecule has 42 heavy (non-hydrogen) atoms. The largest absolute Gasteiger partial charge is 0.481 e. The lowest BCUT2D eigenvalue weighted by Crippen LogP contribution is -2.52. The third kappa shape index (κ3) is 6.87. The number of hydrogen-bond donors (Lipinski definition) is 3. The van der Waals surface area contributed by atoms with Crippen molar-refractivity contribution in [1.82, 2.24) is 19.7 Å². The summed E-state index contributed by atoms with van der Waals surface area (Å²) in [6.45, 7) is 4.43. The maximum Gasteiger partial charge on any atom is 0.409 e. The van der Waals surface area contributed by atoms with E-state index in [0.717, 1.165) is 0 Å². The van der Waals surface area contributed by atoms with E-state index >= 15 is 0 Å². The summed E-state index contributed by atoms with van der Waals surface area (Å²) in [6.07, 6.45) is -0.911. The quantitative estimate of drug-likeness (QED) is 0.358. The Kier molecular flexibility index (Phi) is 9.78. The molecule has 1 unspecified atom stereocenters. The number of piperazine rings is 2. The number of para-hydroxylation sites is 1. The molecule has 2 aliphatic heterocycles. The highest BCUT2D eigenvalue weighted by atomic mass is 16.6. The number of carboxylic acid groups (broad SMARTS) is 2. The molecule has 2 aromatic rings. The Balaban J connectivity index is 1.74. The molecule has 4 rings (SSSR count). The molecule has 0 bridgehead atoms. The summed E-state index contributed by atoms with van der Waals surface area (Å²) in [7, 11) is 0. The summed E-state index contributed by atoms with van der Waals surface area (Å²) in [6, 6.07) is 7.14. The normalized spacial score (nSPS) is 16.7.